The van der Waals surface area contributed by atoms with Gasteiger partial charge in [-0.15, -0.1) is 5.10 Å². The fraction of sp³-hybridized carbons (Fsp3) is 0.526. The van der Waals surface area contributed by atoms with Crippen LogP contribution < -0.4 is 0 Å². The molecule has 0 radical (unpaired) electrons. The normalized spacial score (nSPS) is 18.2. The summed E-state index contributed by atoms with van der Waals surface area (Å²) in [6.45, 7) is 5.61. The number of carbonyl (C=O) groups excluding carboxylic acids is 1. The quantitative estimate of drug-likeness (QED) is 0.842. The summed E-state index contributed by atoms with van der Waals surface area (Å²) in [7, 11) is 2.14. The van der Waals surface area contributed by atoms with Crippen LogP contribution in [-0.4, -0.2) is 57.4 Å². The van der Waals surface area contributed by atoms with Gasteiger partial charge in [-0.25, -0.2) is 4.68 Å². The van der Waals surface area contributed by atoms with E-state index in [2.05, 4.69) is 40.5 Å². The van der Waals surface area contributed by atoms with Gasteiger partial charge >= 0.3 is 0 Å². The van der Waals surface area contributed by atoms with Crippen molar-refractivity contribution in [3.8, 4) is 5.69 Å². The first-order chi connectivity index (χ1) is 12.1. The van der Waals surface area contributed by atoms with E-state index in [1.807, 2.05) is 16.5 Å². The lowest BCUT2D eigenvalue weighted by atomic mass is 9.98. The van der Waals surface area contributed by atoms with E-state index in [1.54, 1.807) is 0 Å². The first-order valence-electron chi connectivity index (χ1n) is 9.16. The summed E-state index contributed by atoms with van der Waals surface area (Å²) >= 11 is 0. The highest BCUT2D eigenvalue weighted by Crippen LogP contribution is 2.26. The maximum atomic E-state index is 12.8. The van der Waals surface area contributed by atoms with Crippen molar-refractivity contribution in [1.82, 2.24) is 24.8 Å². The van der Waals surface area contributed by atoms with Crippen LogP contribution in [0.3, 0.4) is 0 Å². The van der Waals surface area contributed by atoms with Crippen molar-refractivity contribution < 1.29 is 4.79 Å². The van der Waals surface area contributed by atoms with Crippen molar-refractivity contribution in [3.63, 3.8) is 0 Å². The van der Waals surface area contributed by atoms with Crippen LogP contribution in [0.1, 0.15) is 46.6 Å². The summed E-state index contributed by atoms with van der Waals surface area (Å²) < 4.78 is 1.85. The summed E-state index contributed by atoms with van der Waals surface area (Å²) in [6, 6.07) is 6.34. The molecule has 1 saturated heterocycles. The molecule has 132 valence electrons. The third-order valence-corrected chi connectivity index (χ3v) is 5.40. The van der Waals surface area contributed by atoms with Gasteiger partial charge in [-0.05, 0) is 56.8 Å². The number of amides is 1. The van der Waals surface area contributed by atoms with Crippen LogP contribution in [0.15, 0.2) is 18.2 Å². The van der Waals surface area contributed by atoms with E-state index in [-0.39, 0.29) is 5.91 Å². The van der Waals surface area contributed by atoms with E-state index in [4.69, 9.17) is 0 Å². The van der Waals surface area contributed by atoms with Gasteiger partial charge in [0.1, 0.15) is 0 Å². The molecule has 1 aromatic heterocycles. The Balaban J connectivity index is 1.68. The molecule has 1 aromatic carbocycles. The third kappa shape index (κ3) is 2.95. The molecule has 1 amide bonds. The van der Waals surface area contributed by atoms with Crippen molar-refractivity contribution in [3.05, 3.63) is 40.7 Å². The van der Waals surface area contributed by atoms with E-state index >= 15 is 0 Å². The molecule has 6 heteroatoms. The van der Waals surface area contributed by atoms with Gasteiger partial charge in [-0.3, -0.25) is 4.79 Å². The van der Waals surface area contributed by atoms with Gasteiger partial charge in [-0.2, -0.15) is 0 Å². The lowest BCUT2D eigenvalue weighted by molar-refractivity contribution is 0.0717. The van der Waals surface area contributed by atoms with Crippen LogP contribution in [0, 0.1) is 6.92 Å². The highest BCUT2D eigenvalue weighted by Gasteiger charge is 2.25. The van der Waals surface area contributed by atoms with E-state index in [0.29, 0.717) is 5.69 Å². The summed E-state index contributed by atoms with van der Waals surface area (Å²) in [5.41, 5.74) is 5.05. The van der Waals surface area contributed by atoms with Crippen LogP contribution in [-0.2, 0) is 13.0 Å². The van der Waals surface area contributed by atoms with Crippen molar-refractivity contribution in [1.29, 1.82) is 0 Å². The summed E-state index contributed by atoms with van der Waals surface area (Å²) in [6.07, 6.45) is 4.37. The molecule has 0 spiro atoms. The highest BCUT2D eigenvalue weighted by atomic mass is 16.2. The second kappa shape index (κ2) is 6.59. The molecule has 3 heterocycles. The number of aromatic nitrogens is 3. The minimum atomic E-state index is 0.0213. The van der Waals surface area contributed by atoms with Crippen LogP contribution in [0.5, 0.6) is 0 Å². The Kier molecular flexibility index (Phi) is 4.29. The molecule has 0 N–H and O–H groups in total. The Morgan fingerprint density at radius 1 is 1.12 bits per heavy atom. The van der Waals surface area contributed by atoms with Gasteiger partial charge in [-0.1, -0.05) is 17.3 Å². The molecule has 6 nitrogen and oxygen atoms in total. The first-order valence-corrected chi connectivity index (χ1v) is 9.16. The Labute approximate surface area is 148 Å². The number of benzene rings is 1. The van der Waals surface area contributed by atoms with Crippen molar-refractivity contribution in [2.24, 2.45) is 0 Å². The van der Waals surface area contributed by atoms with E-state index in [1.165, 1.54) is 17.5 Å². The standard InChI is InChI=1S/C19H25N5O/c1-14-18(19(25)23-10-4-3-5-11-23)20-21-24(14)17-8-6-7-15-13-22(2)12-9-16(15)17/h6-8H,3-5,9-13H2,1-2H3. The zero-order chi connectivity index (χ0) is 17.4. The largest absolute Gasteiger partial charge is 0.337 e. The first kappa shape index (κ1) is 16.3. The van der Waals surface area contributed by atoms with Crippen LogP contribution >= 0.6 is 0 Å². The smallest absolute Gasteiger partial charge is 0.276 e. The minimum absolute atomic E-state index is 0.0213. The number of likely N-dealkylation sites (tertiary alicyclic amines) is 1. The number of hydrogen-bond acceptors (Lipinski definition) is 4. The average molecular weight is 339 g/mol. The number of nitrogens with zero attached hydrogens (tertiary/aromatic N) is 5. The molecule has 1 fully saturated rings. The number of carbonyl (C=O) groups is 1. The summed E-state index contributed by atoms with van der Waals surface area (Å²) in [5.74, 6) is 0.0213. The molecule has 0 aliphatic carbocycles. The minimum Gasteiger partial charge on any atom is -0.337 e. The second-order valence-corrected chi connectivity index (χ2v) is 7.19. The maximum absolute atomic E-state index is 12.8. The van der Waals surface area contributed by atoms with Gasteiger partial charge in [0.15, 0.2) is 5.69 Å². The van der Waals surface area contributed by atoms with E-state index in [9.17, 15) is 4.79 Å². The van der Waals surface area contributed by atoms with Crippen molar-refractivity contribution in [2.45, 2.75) is 39.2 Å². The van der Waals surface area contributed by atoms with Gasteiger partial charge in [0.25, 0.3) is 5.91 Å². The van der Waals surface area contributed by atoms with Gasteiger partial charge in [0.05, 0.1) is 11.4 Å². The monoisotopic (exact) mass is 339 g/mol. The lowest BCUT2D eigenvalue weighted by Gasteiger charge is -2.27. The molecule has 0 atom stereocenters. The Morgan fingerprint density at radius 3 is 2.72 bits per heavy atom. The molecule has 0 bridgehead atoms. The Bertz CT molecular complexity index is 791. The fourth-order valence-corrected chi connectivity index (χ4v) is 3.93. The zero-order valence-electron chi connectivity index (χ0n) is 15.0. The molecule has 2 aliphatic heterocycles. The van der Waals surface area contributed by atoms with E-state index in [0.717, 1.165) is 56.8 Å². The Hall–Kier alpha value is -2.21. The molecule has 0 saturated carbocycles. The van der Waals surface area contributed by atoms with Crippen molar-refractivity contribution >= 4 is 5.91 Å². The molecule has 2 aliphatic rings. The number of piperidine rings is 1. The topological polar surface area (TPSA) is 54.3 Å². The summed E-state index contributed by atoms with van der Waals surface area (Å²) in [4.78, 5) is 17.0. The highest BCUT2D eigenvalue weighted by molar-refractivity contribution is 5.93. The summed E-state index contributed by atoms with van der Waals surface area (Å²) in [5, 5.41) is 8.58. The molecule has 0 unspecified atom stereocenters. The van der Waals surface area contributed by atoms with Gasteiger partial charge in [0, 0.05) is 26.2 Å². The maximum Gasteiger partial charge on any atom is 0.276 e. The van der Waals surface area contributed by atoms with Crippen molar-refractivity contribution in [2.75, 3.05) is 26.7 Å². The molecule has 2 aromatic rings. The third-order valence-electron chi connectivity index (χ3n) is 5.40. The molecule has 25 heavy (non-hydrogen) atoms. The van der Waals surface area contributed by atoms with E-state index < -0.39 is 0 Å². The fourth-order valence-electron chi connectivity index (χ4n) is 3.93. The SMILES string of the molecule is Cc1c(C(=O)N2CCCCC2)nnn1-c1cccc2c1CCN(C)C2. The number of hydrogen-bond donors (Lipinski definition) is 0. The van der Waals surface area contributed by atoms with Crippen LogP contribution in [0.2, 0.25) is 0 Å². The van der Waals surface area contributed by atoms with Gasteiger partial charge in [0.2, 0.25) is 0 Å². The predicted octanol–water partition coefficient (Wildman–Crippen LogP) is 2.19. The predicted molar refractivity (Wildman–Crippen MR) is 95.9 cm³/mol. The number of fused-ring (bicyclic) bond motifs is 1. The second-order valence-electron chi connectivity index (χ2n) is 7.19. The number of rotatable bonds is 2. The Morgan fingerprint density at radius 2 is 1.92 bits per heavy atom. The van der Waals surface area contributed by atoms with Crippen LogP contribution in [0.25, 0.3) is 5.69 Å². The lowest BCUT2D eigenvalue weighted by Crippen LogP contribution is -2.36. The molecular weight excluding hydrogens is 314 g/mol. The number of likely N-dealkylation sites (N-methyl/N-ethyl adjacent to an activating group) is 1. The van der Waals surface area contributed by atoms with Gasteiger partial charge < -0.3 is 9.80 Å². The average Bonchev–Trinajstić information content (AvgIpc) is 3.02. The van der Waals surface area contributed by atoms with Crippen LogP contribution in [0.4, 0.5) is 0 Å². The molecular formula is C19H25N5O. The molecule has 4 rings (SSSR count). The zero-order valence-corrected chi connectivity index (χ0v) is 15.0.